The minimum Gasteiger partial charge on any atom is -0.382 e. The smallest absolute Gasteiger partial charge is 0.246 e. The standard InChI is InChI=1S/C32H41ClFN9O/c1-7-24(44)42-16-20(6)43(17-19(42)5)31-21-15-22(33)26(25-18(4)11-12-23-27(25)30(35)40-39-23)28(34)29(21)37-32(38-31)36-13-10-14-41(8-2)9-3/h7,11-12,15,19-20H,1,8-10,13-14,16-17H2,2-6H3,(H3,35,39,40)(H,36,37,38)/t19-,20+/m1/s1. The van der Waals surface area contributed by atoms with E-state index in [1.165, 1.54) is 6.08 Å². The number of H-pyrrole nitrogens is 1. The van der Waals surface area contributed by atoms with Crippen molar-refractivity contribution in [3.63, 3.8) is 0 Å². The van der Waals surface area contributed by atoms with Crippen molar-refractivity contribution in [2.45, 2.75) is 53.1 Å². The lowest BCUT2D eigenvalue weighted by atomic mass is 9.94. The predicted molar refractivity (Wildman–Crippen MR) is 178 cm³/mol. The number of halogens is 2. The van der Waals surface area contributed by atoms with Gasteiger partial charge < -0.3 is 25.8 Å². The highest BCUT2D eigenvalue weighted by molar-refractivity contribution is 6.35. The first-order valence-corrected chi connectivity index (χ1v) is 15.6. The summed E-state index contributed by atoms with van der Waals surface area (Å²) < 4.78 is 16.9. The van der Waals surface area contributed by atoms with E-state index in [1.807, 2.05) is 32.9 Å². The van der Waals surface area contributed by atoms with Crippen LogP contribution in [-0.2, 0) is 4.79 Å². The third-order valence-corrected chi connectivity index (χ3v) is 8.92. The number of nitrogens with zero attached hydrogens (tertiary/aromatic N) is 6. The minimum atomic E-state index is -0.556. The van der Waals surface area contributed by atoms with Gasteiger partial charge in [-0.15, -0.1) is 0 Å². The van der Waals surface area contributed by atoms with E-state index in [0.717, 1.165) is 31.6 Å². The molecule has 1 aliphatic rings. The second kappa shape index (κ2) is 13.0. The number of amides is 1. The summed E-state index contributed by atoms with van der Waals surface area (Å²) in [6, 6.07) is 5.27. The summed E-state index contributed by atoms with van der Waals surface area (Å²) in [5, 5.41) is 11.7. The maximum Gasteiger partial charge on any atom is 0.246 e. The molecule has 0 unspecified atom stereocenters. The van der Waals surface area contributed by atoms with Gasteiger partial charge in [0.25, 0.3) is 0 Å². The van der Waals surface area contributed by atoms with Crippen LogP contribution in [0.2, 0.25) is 5.02 Å². The Balaban J connectivity index is 1.64. The summed E-state index contributed by atoms with van der Waals surface area (Å²) in [5.74, 6) is 0.495. The summed E-state index contributed by atoms with van der Waals surface area (Å²) in [6.45, 7) is 18.3. The molecule has 1 saturated heterocycles. The van der Waals surface area contributed by atoms with Crippen molar-refractivity contribution in [3.8, 4) is 11.1 Å². The Hall–Kier alpha value is -3.96. The molecule has 0 saturated carbocycles. The highest BCUT2D eigenvalue weighted by Crippen LogP contribution is 2.43. The molecule has 2 atom stereocenters. The van der Waals surface area contributed by atoms with E-state index in [4.69, 9.17) is 27.3 Å². The van der Waals surface area contributed by atoms with Crippen LogP contribution >= 0.6 is 11.6 Å². The van der Waals surface area contributed by atoms with Gasteiger partial charge in [0, 0.05) is 48.2 Å². The maximum atomic E-state index is 16.9. The van der Waals surface area contributed by atoms with Crippen molar-refractivity contribution in [2.24, 2.45) is 0 Å². The number of carbonyl (C=O) groups is 1. The molecular weight excluding hydrogens is 581 g/mol. The summed E-state index contributed by atoms with van der Waals surface area (Å²) in [4.78, 5) is 28.4. The Morgan fingerprint density at radius 3 is 2.68 bits per heavy atom. The number of rotatable bonds is 10. The number of nitrogen functional groups attached to an aromatic ring is 1. The monoisotopic (exact) mass is 621 g/mol. The van der Waals surface area contributed by atoms with E-state index < -0.39 is 5.82 Å². The Morgan fingerprint density at radius 2 is 1.98 bits per heavy atom. The first-order valence-electron chi connectivity index (χ1n) is 15.2. The molecular formula is C32H41ClFN9O. The van der Waals surface area contributed by atoms with Gasteiger partial charge in [-0.3, -0.25) is 9.89 Å². The minimum absolute atomic E-state index is 0.105. The molecule has 0 spiro atoms. The molecule has 2 aromatic heterocycles. The fourth-order valence-corrected chi connectivity index (χ4v) is 6.45. The first kappa shape index (κ1) is 31.5. The van der Waals surface area contributed by atoms with Crippen LogP contribution < -0.4 is 16.0 Å². The average molecular weight is 622 g/mol. The molecule has 3 heterocycles. The SMILES string of the molecule is C=CC(=O)N1C[C@H](C)N(c2nc(NCCCN(CC)CC)nc3c(F)c(-c4c(C)ccc5[nH]nc(N)c45)c(Cl)cc23)C[C@H]1C. The van der Waals surface area contributed by atoms with Gasteiger partial charge in [0.1, 0.15) is 11.3 Å². The number of piperazine rings is 1. The number of nitrogens with one attached hydrogen (secondary N) is 2. The Bertz CT molecular complexity index is 1700. The lowest BCUT2D eigenvalue weighted by molar-refractivity contribution is -0.128. The number of aryl methyl sites for hydroxylation is 1. The van der Waals surface area contributed by atoms with Gasteiger partial charge in [-0.1, -0.05) is 38.1 Å². The van der Waals surface area contributed by atoms with Crippen LogP contribution in [0.5, 0.6) is 0 Å². The zero-order chi connectivity index (χ0) is 31.7. The number of carbonyl (C=O) groups excluding carboxylic acids is 1. The fraction of sp³-hybridized carbons (Fsp3) is 0.438. The van der Waals surface area contributed by atoms with Gasteiger partial charge in [-0.25, -0.2) is 9.37 Å². The highest BCUT2D eigenvalue weighted by Gasteiger charge is 2.34. The van der Waals surface area contributed by atoms with Crippen molar-refractivity contribution >= 4 is 56.9 Å². The van der Waals surface area contributed by atoms with Crippen LogP contribution in [0.15, 0.2) is 30.9 Å². The molecule has 4 aromatic rings. The quantitative estimate of drug-likeness (QED) is 0.154. The van der Waals surface area contributed by atoms with Crippen molar-refractivity contribution < 1.29 is 9.18 Å². The Labute approximate surface area is 262 Å². The van der Waals surface area contributed by atoms with Gasteiger partial charge in [-0.05, 0) is 70.6 Å². The van der Waals surface area contributed by atoms with E-state index >= 15 is 4.39 Å². The van der Waals surface area contributed by atoms with Crippen LogP contribution in [-0.4, -0.2) is 87.2 Å². The summed E-state index contributed by atoms with van der Waals surface area (Å²) in [5.41, 5.74) is 8.68. The average Bonchev–Trinajstić information content (AvgIpc) is 3.39. The maximum absolute atomic E-state index is 16.9. The molecule has 1 aliphatic heterocycles. The molecule has 2 aromatic carbocycles. The van der Waals surface area contributed by atoms with Gasteiger partial charge in [0.15, 0.2) is 11.6 Å². The lowest BCUT2D eigenvalue weighted by Gasteiger charge is -2.44. The van der Waals surface area contributed by atoms with Crippen molar-refractivity contribution in [1.29, 1.82) is 0 Å². The normalized spacial score (nSPS) is 17.2. The molecule has 12 heteroatoms. The van der Waals surface area contributed by atoms with E-state index in [9.17, 15) is 4.79 Å². The Kier molecular flexibility index (Phi) is 9.26. The summed E-state index contributed by atoms with van der Waals surface area (Å²) in [6.07, 6.45) is 2.22. The molecule has 234 valence electrons. The van der Waals surface area contributed by atoms with E-state index in [-0.39, 0.29) is 39.9 Å². The number of hydrogen-bond donors (Lipinski definition) is 3. The number of aromatic nitrogens is 4. The van der Waals surface area contributed by atoms with Crippen LogP contribution in [0.1, 0.15) is 39.7 Å². The van der Waals surface area contributed by atoms with Crippen molar-refractivity contribution in [3.05, 3.63) is 47.3 Å². The largest absolute Gasteiger partial charge is 0.382 e. The number of fused-ring (bicyclic) bond motifs is 2. The lowest BCUT2D eigenvalue weighted by Crippen LogP contribution is -2.58. The molecule has 0 aliphatic carbocycles. The van der Waals surface area contributed by atoms with Crippen LogP contribution in [0.3, 0.4) is 0 Å². The van der Waals surface area contributed by atoms with Gasteiger partial charge in [0.2, 0.25) is 11.9 Å². The number of hydrogen-bond acceptors (Lipinski definition) is 8. The van der Waals surface area contributed by atoms with E-state index in [2.05, 4.69) is 45.7 Å². The number of benzene rings is 2. The molecule has 0 bridgehead atoms. The second-order valence-corrected chi connectivity index (χ2v) is 11.9. The van der Waals surface area contributed by atoms with Crippen molar-refractivity contribution in [2.75, 3.05) is 55.2 Å². The van der Waals surface area contributed by atoms with Crippen molar-refractivity contribution in [1.82, 2.24) is 30.0 Å². The second-order valence-electron chi connectivity index (χ2n) is 11.5. The molecule has 4 N–H and O–H groups in total. The summed E-state index contributed by atoms with van der Waals surface area (Å²) >= 11 is 6.92. The van der Waals surface area contributed by atoms with Gasteiger partial charge >= 0.3 is 0 Å². The van der Waals surface area contributed by atoms with E-state index in [0.29, 0.717) is 53.3 Å². The highest BCUT2D eigenvalue weighted by atomic mass is 35.5. The van der Waals surface area contributed by atoms with Gasteiger partial charge in [-0.2, -0.15) is 10.1 Å². The fourth-order valence-electron chi connectivity index (χ4n) is 6.16. The zero-order valence-electron chi connectivity index (χ0n) is 26.0. The van der Waals surface area contributed by atoms with Crippen LogP contribution in [0.25, 0.3) is 32.9 Å². The number of anilines is 3. The molecule has 10 nitrogen and oxygen atoms in total. The third-order valence-electron chi connectivity index (χ3n) is 8.62. The number of nitrogens with two attached hydrogens (primary N) is 1. The molecule has 5 rings (SSSR count). The van der Waals surface area contributed by atoms with Gasteiger partial charge in [0.05, 0.1) is 15.9 Å². The molecule has 1 fully saturated rings. The zero-order valence-corrected chi connectivity index (χ0v) is 26.8. The first-order chi connectivity index (χ1) is 21.1. The topological polar surface area (TPSA) is 119 Å². The Morgan fingerprint density at radius 1 is 1.23 bits per heavy atom. The molecule has 1 amide bonds. The van der Waals surface area contributed by atoms with Crippen LogP contribution in [0, 0.1) is 12.7 Å². The van der Waals surface area contributed by atoms with E-state index in [1.54, 1.807) is 11.0 Å². The number of aromatic amines is 1. The molecule has 0 radical (unpaired) electrons. The molecule has 44 heavy (non-hydrogen) atoms. The predicted octanol–water partition coefficient (Wildman–Crippen LogP) is 5.61. The third kappa shape index (κ3) is 5.78. The van der Waals surface area contributed by atoms with Crippen LogP contribution in [0.4, 0.5) is 22.0 Å². The summed E-state index contributed by atoms with van der Waals surface area (Å²) in [7, 11) is 0.